The highest BCUT2D eigenvalue weighted by molar-refractivity contribution is 5.82. The van der Waals surface area contributed by atoms with Crippen LogP contribution in [-0.4, -0.2) is 42.6 Å². The van der Waals surface area contributed by atoms with Crippen LogP contribution < -0.4 is 5.32 Å². The molecule has 132 valence electrons. The molecule has 1 heterocycles. The third-order valence-corrected chi connectivity index (χ3v) is 5.35. The summed E-state index contributed by atoms with van der Waals surface area (Å²) in [5, 5.41) is 3.25. The number of carbonyl (C=O) groups is 1. The summed E-state index contributed by atoms with van der Waals surface area (Å²) in [5.74, 6) is 0.0306. The highest BCUT2D eigenvalue weighted by atomic mass is 16.5. The zero-order chi connectivity index (χ0) is 16.8. The normalized spacial score (nSPS) is 21.7. The molecule has 1 atom stereocenters. The lowest BCUT2D eigenvalue weighted by Crippen LogP contribution is -2.46. The Kier molecular flexibility index (Phi) is 6.27. The Morgan fingerprint density at radius 2 is 1.83 bits per heavy atom. The van der Waals surface area contributed by atoms with Gasteiger partial charge in [-0.2, -0.15) is 0 Å². The molecule has 4 heteroatoms. The molecule has 0 aromatic heterocycles. The standard InChI is InChI=1S/C20H30N2O2/c1-2-22-14-12-17(13-15-22)21-20(23)19(16-8-4-3-5-9-16)24-18-10-6-7-11-18/h3-5,8-9,17-19H,2,6-7,10-15H2,1H3,(H,21,23)/t19-/m0/s1. The van der Waals surface area contributed by atoms with E-state index in [0.29, 0.717) is 0 Å². The van der Waals surface area contributed by atoms with Crippen LogP contribution in [0.1, 0.15) is 57.1 Å². The van der Waals surface area contributed by atoms with Crippen molar-refractivity contribution in [3.8, 4) is 0 Å². The number of piperidine rings is 1. The number of hydrogen-bond donors (Lipinski definition) is 1. The first kappa shape index (κ1) is 17.4. The van der Waals surface area contributed by atoms with Gasteiger partial charge in [-0.15, -0.1) is 0 Å². The number of hydrogen-bond acceptors (Lipinski definition) is 3. The van der Waals surface area contributed by atoms with Crippen molar-refractivity contribution in [2.45, 2.75) is 63.7 Å². The largest absolute Gasteiger partial charge is 0.360 e. The molecule has 0 spiro atoms. The second-order valence-electron chi connectivity index (χ2n) is 7.05. The van der Waals surface area contributed by atoms with Crippen LogP contribution in [-0.2, 0) is 9.53 Å². The first-order valence-corrected chi connectivity index (χ1v) is 9.49. The fourth-order valence-electron chi connectivity index (χ4n) is 3.81. The number of nitrogens with one attached hydrogen (secondary N) is 1. The Labute approximate surface area is 145 Å². The molecule has 2 aliphatic rings. The van der Waals surface area contributed by atoms with E-state index in [9.17, 15) is 4.79 Å². The first-order chi connectivity index (χ1) is 11.8. The summed E-state index contributed by atoms with van der Waals surface area (Å²) in [6.07, 6.45) is 6.39. The van der Waals surface area contributed by atoms with Gasteiger partial charge in [-0.3, -0.25) is 4.79 Å². The second kappa shape index (κ2) is 8.63. The molecule has 2 fully saturated rings. The van der Waals surface area contributed by atoms with Gasteiger partial charge in [-0.25, -0.2) is 0 Å². The van der Waals surface area contributed by atoms with Gasteiger partial charge in [0.15, 0.2) is 6.10 Å². The summed E-state index contributed by atoms with van der Waals surface area (Å²) in [6, 6.07) is 10.2. The molecule has 1 amide bonds. The fraction of sp³-hybridized carbons (Fsp3) is 0.650. The molecular weight excluding hydrogens is 300 g/mol. The van der Waals surface area contributed by atoms with E-state index in [1.807, 2.05) is 30.3 Å². The summed E-state index contributed by atoms with van der Waals surface area (Å²) >= 11 is 0. The molecule has 1 saturated carbocycles. The number of amides is 1. The predicted molar refractivity (Wildman–Crippen MR) is 95.8 cm³/mol. The van der Waals surface area contributed by atoms with Crippen molar-refractivity contribution in [1.29, 1.82) is 0 Å². The van der Waals surface area contributed by atoms with E-state index in [4.69, 9.17) is 4.74 Å². The summed E-state index contributed by atoms with van der Waals surface area (Å²) in [6.45, 7) is 5.43. The van der Waals surface area contributed by atoms with Crippen LogP contribution in [0, 0.1) is 0 Å². The van der Waals surface area contributed by atoms with Crippen LogP contribution in [0.25, 0.3) is 0 Å². The van der Waals surface area contributed by atoms with Gasteiger partial charge >= 0.3 is 0 Å². The second-order valence-corrected chi connectivity index (χ2v) is 7.05. The lowest BCUT2D eigenvalue weighted by atomic mass is 10.0. The molecule has 0 bridgehead atoms. The van der Waals surface area contributed by atoms with E-state index < -0.39 is 6.10 Å². The number of likely N-dealkylation sites (tertiary alicyclic amines) is 1. The molecule has 1 aromatic carbocycles. The molecule has 1 saturated heterocycles. The van der Waals surface area contributed by atoms with Gasteiger partial charge in [-0.1, -0.05) is 50.1 Å². The maximum atomic E-state index is 12.9. The summed E-state index contributed by atoms with van der Waals surface area (Å²) in [4.78, 5) is 15.3. The van der Waals surface area contributed by atoms with Crippen LogP contribution >= 0.6 is 0 Å². The van der Waals surface area contributed by atoms with Gasteiger partial charge in [-0.05, 0) is 37.8 Å². The number of nitrogens with zero attached hydrogens (tertiary/aromatic N) is 1. The number of ether oxygens (including phenoxy) is 1. The summed E-state index contributed by atoms with van der Waals surface area (Å²) in [7, 11) is 0. The van der Waals surface area contributed by atoms with Gasteiger partial charge < -0.3 is 15.0 Å². The Bertz CT molecular complexity index is 506. The van der Waals surface area contributed by atoms with E-state index in [2.05, 4.69) is 17.1 Å². The molecule has 1 aliphatic heterocycles. The van der Waals surface area contributed by atoms with Crippen LogP contribution in [0.5, 0.6) is 0 Å². The first-order valence-electron chi connectivity index (χ1n) is 9.49. The zero-order valence-electron chi connectivity index (χ0n) is 14.7. The van der Waals surface area contributed by atoms with Crippen molar-refractivity contribution in [3.05, 3.63) is 35.9 Å². The van der Waals surface area contributed by atoms with E-state index in [0.717, 1.165) is 50.9 Å². The van der Waals surface area contributed by atoms with Crippen LogP contribution in [0.3, 0.4) is 0 Å². The van der Waals surface area contributed by atoms with Crippen molar-refractivity contribution in [2.75, 3.05) is 19.6 Å². The third-order valence-electron chi connectivity index (χ3n) is 5.35. The van der Waals surface area contributed by atoms with E-state index in [-0.39, 0.29) is 18.1 Å². The molecule has 1 N–H and O–H groups in total. The Hall–Kier alpha value is -1.39. The molecule has 4 nitrogen and oxygen atoms in total. The van der Waals surface area contributed by atoms with Crippen LogP contribution in [0.4, 0.5) is 0 Å². The summed E-state index contributed by atoms with van der Waals surface area (Å²) in [5.41, 5.74) is 0.966. The van der Waals surface area contributed by atoms with Gasteiger partial charge in [0.05, 0.1) is 6.10 Å². The topological polar surface area (TPSA) is 41.6 Å². The molecule has 1 aromatic rings. The average molecular weight is 330 g/mol. The van der Waals surface area contributed by atoms with Crippen molar-refractivity contribution >= 4 is 5.91 Å². The Balaban J connectivity index is 1.62. The number of benzene rings is 1. The van der Waals surface area contributed by atoms with Crippen molar-refractivity contribution in [1.82, 2.24) is 10.2 Å². The Morgan fingerprint density at radius 3 is 2.46 bits per heavy atom. The van der Waals surface area contributed by atoms with Crippen LogP contribution in [0.2, 0.25) is 0 Å². The molecule has 0 unspecified atom stereocenters. The van der Waals surface area contributed by atoms with Gasteiger partial charge in [0.2, 0.25) is 0 Å². The maximum Gasteiger partial charge on any atom is 0.254 e. The van der Waals surface area contributed by atoms with Crippen molar-refractivity contribution < 1.29 is 9.53 Å². The highest BCUT2D eigenvalue weighted by Gasteiger charge is 2.29. The van der Waals surface area contributed by atoms with Gasteiger partial charge in [0.1, 0.15) is 0 Å². The van der Waals surface area contributed by atoms with Gasteiger partial charge in [0, 0.05) is 19.1 Å². The van der Waals surface area contributed by atoms with Gasteiger partial charge in [0.25, 0.3) is 5.91 Å². The minimum absolute atomic E-state index is 0.0306. The smallest absolute Gasteiger partial charge is 0.254 e. The van der Waals surface area contributed by atoms with E-state index in [1.54, 1.807) is 0 Å². The molecule has 1 aliphatic carbocycles. The SMILES string of the molecule is CCN1CCC(NC(=O)[C@@H](OC2CCCC2)c2ccccc2)CC1. The minimum atomic E-state index is -0.474. The molecule has 0 radical (unpaired) electrons. The quantitative estimate of drug-likeness (QED) is 0.870. The fourth-order valence-corrected chi connectivity index (χ4v) is 3.81. The predicted octanol–water partition coefficient (Wildman–Crippen LogP) is 3.29. The molecular formula is C20H30N2O2. The third kappa shape index (κ3) is 4.58. The summed E-state index contributed by atoms with van der Waals surface area (Å²) < 4.78 is 6.22. The lowest BCUT2D eigenvalue weighted by molar-refractivity contribution is -0.138. The zero-order valence-corrected chi connectivity index (χ0v) is 14.7. The maximum absolute atomic E-state index is 12.9. The lowest BCUT2D eigenvalue weighted by Gasteiger charge is -2.32. The highest BCUT2D eigenvalue weighted by Crippen LogP contribution is 2.28. The Morgan fingerprint density at radius 1 is 1.17 bits per heavy atom. The van der Waals surface area contributed by atoms with Crippen molar-refractivity contribution in [3.63, 3.8) is 0 Å². The number of rotatable bonds is 6. The number of carbonyl (C=O) groups excluding carboxylic acids is 1. The van der Waals surface area contributed by atoms with Crippen LogP contribution in [0.15, 0.2) is 30.3 Å². The monoisotopic (exact) mass is 330 g/mol. The minimum Gasteiger partial charge on any atom is -0.360 e. The average Bonchev–Trinajstić information content (AvgIpc) is 3.14. The van der Waals surface area contributed by atoms with Crippen molar-refractivity contribution in [2.24, 2.45) is 0 Å². The molecule has 24 heavy (non-hydrogen) atoms. The van der Waals surface area contributed by atoms with E-state index in [1.165, 1.54) is 12.8 Å². The van der Waals surface area contributed by atoms with E-state index >= 15 is 0 Å². The molecule has 3 rings (SSSR count).